The minimum atomic E-state index is -1.62. The molecule has 1 aliphatic carbocycles. The van der Waals surface area contributed by atoms with Crippen molar-refractivity contribution in [2.45, 2.75) is 64.2 Å². The molecule has 0 saturated heterocycles. The van der Waals surface area contributed by atoms with E-state index >= 15 is 0 Å². The number of hydrogen-bond donors (Lipinski definition) is 2. The number of benzene rings is 1. The lowest BCUT2D eigenvalue weighted by Gasteiger charge is -2.49. The van der Waals surface area contributed by atoms with Crippen molar-refractivity contribution < 1.29 is 19.0 Å². The molecule has 0 bridgehead atoms. The van der Waals surface area contributed by atoms with Gasteiger partial charge < -0.3 is 15.6 Å². The Labute approximate surface area is 189 Å². The van der Waals surface area contributed by atoms with Crippen LogP contribution >= 0.6 is 0 Å². The van der Waals surface area contributed by atoms with Gasteiger partial charge in [0.05, 0.1) is 11.8 Å². The number of rotatable bonds is 6. The fourth-order valence-corrected chi connectivity index (χ4v) is 4.94. The second-order valence-electron chi connectivity index (χ2n) is 9.29. The van der Waals surface area contributed by atoms with Gasteiger partial charge in [0.25, 0.3) is 0 Å². The van der Waals surface area contributed by atoms with Crippen LogP contribution in [-0.4, -0.2) is 33.3 Å². The average Bonchev–Trinajstić information content (AvgIpc) is 2.72. The molecule has 2 aromatic rings. The highest BCUT2D eigenvalue weighted by atomic mass is 19.1. The molecule has 0 spiro atoms. The third-order valence-corrected chi connectivity index (χ3v) is 6.31. The van der Waals surface area contributed by atoms with Gasteiger partial charge in [-0.3, -0.25) is 4.98 Å². The quantitative estimate of drug-likeness (QED) is 0.634. The lowest BCUT2D eigenvalue weighted by atomic mass is 9.61. The predicted octanol–water partition coefficient (Wildman–Crippen LogP) is 4.74. The molecule has 1 saturated carbocycles. The van der Waals surface area contributed by atoms with Crippen LogP contribution < -0.4 is 5.73 Å². The van der Waals surface area contributed by atoms with Crippen LogP contribution in [0.1, 0.15) is 52.7 Å². The first kappa shape index (κ1) is 24.1. The molecule has 1 aromatic heterocycles. The fraction of sp³-hybridized carbons (Fsp3) is 0.462. The Morgan fingerprint density at radius 3 is 2.69 bits per heavy atom. The molecule has 1 aromatic carbocycles. The van der Waals surface area contributed by atoms with Gasteiger partial charge in [-0.25, -0.2) is 9.18 Å². The number of carbonyl (C=O) groups excluding carboxylic acids is 1. The SMILES string of the molecule is CCC1[C@@H](C)C[C@@](O)(C(=O)OC(C)C)C[C@@]1(N)/C=C/c1ccc(-c2cccc(F)c2)cn1. The highest BCUT2D eigenvalue weighted by molar-refractivity contribution is 5.80. The van der Waals surface area contributed by atoms with Gasteiger partial charge in [-0.05, 0) is 61.9 Å². The zero-order valence-electron chi connectivity index (χ0n) is 19.2. The smallest absolute Gasteiger partial charge is 0.338 e. The van der Waals surface area contributed by atoms with Crippen molar-refractivity contribution in [1.29, 1.82) is 0 Å². The van der Waals surface area contributed by atoms with E-state index in [1.54, 1.807) is 26.1 Å². The Balaban J connectivity index is 1.84. The molecular weight excluding hydrogens is 407 g/mol. The number of nitrogens with zero attached hydrogens (tertiary/aromatic N) is 1. The maximum atomic E-state index is 13.5. The van der Waals surface area contributed by atoms with Crippen LogP contribution in [0, 0.1) is 17.7 Å². The van der Waals surface area contributed by atoms with Gasteiger partial charge in [0.2, 0.25) is 0 Å². The minimum Gasteiger partial charge on any atom is -0.461 e. The topological polar surface area (TPSA) is 85.4 Å². The van der Waals surface area contributed by atoms with Gasteiger partial charge in [0.15, 0.2) is 5.60 Å². The van der Waals surface area contributed by atoms with Crippen LogP contribution in [0.15, 0.2) is 48.7 Å². The molecule has 0 aliphatic heterocycles. The molecule has 4 atom stereocenters. The third-order valence-electron chi connectivity index (χ3n) is 6.31. The number of ether oxygens (including phenoxy) is 1. The normalized spacial score (nSPS) is 28.2. The first-order valence-corrected chi connectivity index (χ1v) is 11.2. The van der Waals surface area contributed by atoms with Crippen molar-refractivity contribution >= 4 is 12.0 Å². The van der Waals surface area contributed by atoms with E-state index in [9.17, 15) is 14.3 Å². The molecule has 3 N–H and O–H groups in total. The summed E-state index contributed by atoms with van der Waals surface area (Å²) in [5.74, 6) is -0.777. The van der Waals surface area contributed by atoms with E-state index in [0.717, 1.165) is 17.5 Å². The number of carbonyl (C=O) groups is 1. The van der Waals surface area contributed by atoms with Gasteiger partial charge in [-0.2, -0.15) is 0 Å². The highest BCUT2D eigenvalue weighted by Gasteiger charge is 2.53. The molecular formula is C26H33FN2O3. The lowest BCUT2D eigenvalue weighted by Crippen LogP contribution is -2.61. The van der Waals surface area contributed by atoms with Crippen molar-refractivity contribution in [3.63, 3.8) is 0 Å². The lowest BCUT2D eigenvalue weighted by molar-refractivity contribution is -0.179. The number of halogens is 1. The summed E-state index contributed by atoms with van der Waals surface area (Å²) in [7, 11) is 0. The summed E-state index contributed by atoms with van der Waals surface area (Å²) >= 11 is 0. The summed E-state index contributed by atoms with van der Waals surface area (Å²) in [6, 6.07) is 10.1. The molecule has 1 fully saturated rings. The maximum absolute atomic E-state index is 13.5. The Bertz CT molecular complexity index is 975. The van der Waals surface area contributed by atoms with E-state index in [4.69, 9.17) is 10.5 Å². The van der Waals surface area contributed by atoms with Crippen LogP contribution in [0.3, 0.4) is 0 Å². The van der Waals surface area contributed by atoms with Crippen LogP contribution in [0.25, 0.3) is 17.2 Å². The summed E-state index contributed by atoms with van der Waals surface area (Å²) in [6.45, 7) is 7.61. The molecule has 1 aliphatic rings. The van der Waals surface area contributed by atoms with Gasteiger partial charge >= 0.3 is 5.97 Å². The van der Waals surface area contributed by atoms with Gasteiger partial charge in [-0.15, -0.1) is 0 Å². The summed E-state index contributed by atoms with van der Waals surface area (Å²) in [5, 5.41) is 11.2. The zero-order valence-corrected chi connectivity index (χ0v) is 19.2. The van der Waals surface area contributed by atoms with Crippen molar-refractivity contribution in [3.8, 4) is 11.1 Å². The van der Waals surface area contributed by atoms with Crippen molar-refractivity contribution in [1.82, 2.24) is 4.98 Å². The Morgan fingerprint density at radius 1 is 1.34 bits per heavy atom. The van der Waals surface area contributed by atoms with Crippen LogP contribution in [0.2, 0.25) is 0 Å². The van der Waals surface area contributed by atoms with E-state index in [0.29, 0.717) is 12.1 Å². The number of aromatic nitrogens is 1. The van der Waals surface area contributed by atoms with E-state index < -0.39 is 17.1 Å². The van der Waals surface area contributed by atoms with Crippen molar-refractivity contribution in [2.75, 3.05) is 0 Å². The molecule has 1 heterocycles. The largest absolute Gasteiger partial charge is 0.461 e. The van der Waals surface area contributed by atoms with Gasteiger partial charge in [-0.1, -0.05) is 44.5 Å². The molecule has 32 heavy (non-hydrogen) atoms. The number of hydrogen-bond acceptors (Lipinski definition) is 5. The standard InChI is InChI=1S/C26H33FN2O3/c1-5-23-18(4)14-26(31,24(30)32-17(2)3)16-25(23,28)12-11-22-10-9-20(15-29-22)19-7-6-8-21(27)13-19/h6-13,15,17-18,23,31H,5,14,16,28H2,1-4H3/b12-11+/t18-,23?,25-,26-/m0/s1. The highest BCUT2D eigenvalue weighted by Crippen LogP contribution is 2.45. The van der Waals surface area contributed by atoms with E-state index in [1.165, 1.54) is 12.1 Å². The van der Waals surface area contributed by atoms with E-state index in [1.807, 2.05) is 37.3 Å². The second kappa shape index (κ2) is 9.51. The molecule has 0 amide bonds. The molecule has 172 valence electrons. The van der Waals surface area contributed by atoms with E-state index in [-0.39, 0.29) is 30.2 Å². The summed E-state index contributed by atoms with van der Waals surface area (Å²) in [5.41, 5.74) is 6.56. The molecule has 0 radical (unpaired) electrons. The maximum Gasteiger partial charge on any atom is 0.338 e. The summed E-state index contributed by atoms with van der Waals surface area (Å²) < 4.78 is 18.8. The monoisotopic (exact) mass is 440 g/mol. The fourth-order valence-electron chi connectivity index (χ4n) is 4.94. The average molecular weight is 441 g/mol. The van der Waals surface area contributed by atoms with Crippen LogP contribution in [0.5, 0.6) is 0 Å². The molecule has 3 rings (SSSR count). The predicted molar refractivity (Wildman–Crippen MR) is 124 cm³/mol. The molecule has 5 nitrogen and oxygen atoms in total. The molecule has 1 unspecified atom stereocenters. The Kier molecular flexibility index (Phi) is 7.16. The van der Waals surface area contributed by atoms with Gasteiger partial charge in [0, 0.05) is 23.7 Å². The second-order valence-corrected chi connectivity index (χ2v) is 9.29. The number of aliphatic hydroxyl groups is 1. The van der Waals surface area contributed by atoms with Gasteiger partial charge in [0.1, 0.15) is 5.82 Å². The summed E-state index contributed by atoms with van der Waals surface area (Å²) in [4.78, 5) is 17.1. The number of esters is 1. The van der Waals surface area contributed by atoms with Crippen LogP contribution in [-0.2, 0) is 9.53 Å². The van der Waals surface area contributed by atoms with Crippen molar-refractivity contribution in [2.24, 2.45) is 17.6 Å². The first-order valence-electron chi connectivity index (χ1n) is 11.2. The third kappa shape index (κ3) is 5.25. The minimum absolute atomic E-state index is 0.0384. The Hall–Kier alpha value is -2.57. The zero-order chi connectivity index (χ0) is 23.5. The Morgan fingerprint density at radius 2 is 2.09 bits per heavy atom. The number of pyridine rings is 1. The van der Waals surface area contributed by atoms with Crippen LogP contribution in [0.4, 0.5) is 4.39 Å². The number of nitrogens with two attached hydrogens (primary N) is 1. The molecule has 6 heteroatoms. The first-order chi connectivity index (χ1) is 15.1. The van der Waals surface area contributed by atoms with E-state index in [2.05, 4.69) is 11.9 Å². The van der Waals surface area contributed by atoms with Crippen molar-refractivity contribution in [3.05, 3.63) is 60.2 Å². The summed E-state index contributed by atoms with van der Waals surface area (Å²) in [6.07, 6.45) is 6.29.